The lowest BCUT2D eigenvalue weighted by molar-refractivity contribution is 0.0785. The van der Waals surface area contributed by atoms with E-state index in [0.717, 1.165) is 31.2 Å². The molecule has 1 saturated heterocycles. The fourth-order valence-electron chi connectivity index (χ4n) is 3.37. The van der Waals surface area contributed by atoms with Gasteiger partial charge in [-0.05, 0) is 48.7 Å². The highest BCUT2D eigenvalue weighted by Gasteiger charge is 2.25. The number of halogens is 1. The SMILES string of the molecule is CN(Cc1ccccc1Cl)C(=O)c1ccc(S(=O)(=O)N2CCCCCC2)cc1. The van der Waals surface area contributed by atoms with E-state index in [4.69, 9.17) is 11.6 Å². The number of rotatable bonds is 5. The molecule has 3 rings (SSSR count). The van der Waals surface area contributed by atoms with Crippen LogP contribution in [0, 0.1) is 0 Å². The zero-order valence-corrected chi connectivity index (χ0v) is 17.5. The molecule has 0 N–H and O–H groups in total. The topological polar surface area (TPSA) is 57.7 Å². The molecule has 0 spiro atoms. The van der Waals surface area contributed by atoms with Gasteiger partial charge in [0.25, 0.3) is 5.91 Å². The lowest BCUT2D eigenvalue weighted by atomic mass is 10.1. The third-order valence-electron chi connectivity index (χ3n) is 5.02. The summed E-state index contributed by atoms with van der Waals surface area (Å²) in [5, 5.41) is 0.612. The second-order valence-electron chi connectivity index (χ2n) is 7.10. The van der Waals surface area contributed by atoms with Gasteiger partial charge in [0.1, 0.15) is 0 Å². The summed E-state index contributed by atoms with van der Waals surface area (Å²) in [7, 11) is -1.81. The van der Waals surface area contributed by atoms with Crippen LogP contribution in [0.4, 0.5) is 0 Å². The summed E-state index contributed by atoms with van der Waals surface area (Å²) in [5.74, 6) is -0.182. The zero-order valence-electron chi connectivity index (χ0n) is 16.0. The normalized spacial score (nSPS) is 15.8. The van der Waals surface area contributed by atoms with Crippen molar-refractivity contribution in [2.24, 2.45) is 0 Å². The molecule has 0 unspecified atom stereocenters. The van der Waals surface area contributed by atoms with E-state index in [0.29, 0.717) is 30.2 Å². The Labute approximate surface area is 172 Å². The van der Waals surface area contributed by atoms with Gasteiger partial charge in [0.15, 0.2) is 0 Å². The van der Waals surface area contributed by atoms with Crippen molar-refractivity contribution in [3.63, 3.8) is 0 Å². The summed E-state index contributed by atoms with van der Waals surface area (Å²) in [4.78, 5) is 14.5. The molecule has 1 aliphatic heterocycles. The van der Waals surface area contributed by atoms with Crippen molar-refractivity contribution in [2.75, 3.05) is 20.1 Å². The van der Waals surface area contributed by atoms with Crippen LogP contribution in [-0.2, 0) is 16.6 Å². The first-order valence-electron chi connectivity index (χ1n) is 9.48. The molecule has 1 aliphatic rings. The quantitative estimate of drug-likeness (QED) is 0.729. The summed E-state index contributed by atoms with van der Waals surface area (Å²) in [6.07, 6.45) is 3.92. The van der Waals surface area contributed by atoms with E-state index in [1.54, 1.807) is 34.5 Å². The van der Waals surface area contributed by atoms with Crippen LogP contribution in [0.1, 0.15) is 41.6 Å². The Morgan fingerprint density at radius 3 is 2.21 bits per heavy atom. The van der Waals surface area contributed by atoms with Crippen molar-refractivity contribution in [2.45, 2.75) is 37.1 Å². The number of hydrogen-bond acceptors (Lipinski definition) is 3. The molecule has 0 aromatic heterocycles. The Balaban J connectivity index is 1.72. The minimum atomic E-state index is -3.51. The van der Waals surface area contributed by atoms with Crippen molar-refractivity contribution in [3.05, 3.63) is 64.7 Å². The largest absolute Gasteiger partial charge is 0.337 e. The highest BCUT2D eigenvalue weighted by molar-refractivity contribution is 7.89. The predicted molar refractivity (Wildman–Crippen MR) is 111 cm³/mol. The summed E-state index contributed by atoms with van der Waals surface area (Å²) in [6.45, 7) is 1.50. The molecule has 0 atom stereocenters. The number of amides is 1. The van der Waals surface area contributed by atoms with Crippen LogP contribution in [0.3, 0.4) is 0 Å². The highest BCUT2D eigenvalue weighted by Crippen LogP contribution is 2.22. The number of sulfonamides is 1. The minimum Gasteiger partial charge on any atom is -0.337 e. The van der Waals surface area contributed by atoms with Gasteiger partial charge < -0.3 is 4.90 Å². The molecule has 2 aromatic rings. The molecule has 1 amide bonds. The maximum absolute atomic E-state index is 12.8. The van der Waals surface area contributed by atoms with E-state index in [1.807, 2.05) is 18.2 Å². The molecule has 1 fully saturated rings. The number of carbonyl (C=O) groups excluding carboxylic acids is 1. The van der Waals surface area contributed by atoms with Gasteiger partial charge in [-0.3, -0.25) is 4.79 Å². The summed E-state index contributed by atoms with van der Waals surface area (Å²) < 4.78 is 27.3. The standard InChI is InChI=1S/C21H25ClN2O3S/c1-23(16-18-8-4-5-9-20(18)22)21(25)17-10-12-19(13-11-17)28(26,27)24-14-6-2-3-7-15-24/h4-5,8-13H,2-3,6-7,14-16H2,1H3. The van der Waals surface area contributed by atoms with Gasteiger partial charge in [-0.25, -0.2) is 8.42 Å². The summed E-state index contributed by atoms with van der Waals surface area (Å²) in [6, 6.07) is 13.6. The van der Waals surface area contributed by atoms with Gasteiger partial charge in [-0.2, -0.15) is 4.31 Å². The molecular weight excluding hydrogens is 396 g/mol. The molecule has 0 bridgehead atoms. The molecule has 2 aromatic carbocycles. The van der Waals surface area contributed by atoms with Crippen LogP contribution in [-0.4, -0.2) is 43.7 Å². The second kappa shape index (κ2) is 9.07. The smallest absolute Gasteiger partial charge is 0.253 e. The van der Waals surface area contributed by atoms with E-state index < -0.39 is 10.0 Å². The van der Waals surface area contributed by atoms with Gasteiger partial charge in [0.05, 0.1) is 4.90 Å². The monoisotopic (exact) mass is 420 g/mol. The van der Waals surface area contributed by atoms with Crippen LogP contribution < -0.4 is 0 Å². The molecular formula is C21H25ClN2O3S. The first kappa shape index (κ1) is 20.8. The van der Waals surface area contributed by atoms with Crippen LogP contribution in [0.15, 0.2) is 53.4 Å². The van der Waals surface area contributed by atoms with E-state index in [1.165, 1.54) is 12.1 Å². The van der Waals surface area contributed by atoms with E-state index in [2.05, 4.69) is 0 Å². The van der Waals surface area contributed by atoms with Crippen LogP contribution in [0.2, 0.25) is 5.02 Å². The average Bonchev–Trinajstić information content (AvgIpc) is 2.99. The van der Waals surface area contributed by atoms with Crippen molar-refractivity contribution in [3.8, 4) is 0 Å². The predicted octanol–water partition coefficient (Wildman–Crippen LogP) is 4.18. The van der Waals surface area contributed by atoms with Crippen LogP contribution in [0.25, 0.3) is 0 Å². The van der Waals surface area contributed by atoms with Crippen LogP contribution in [0.5, 0.6) is 0 Å². The van der Waals surface area contributed by atoms with E-state index in [9.17, 15) is 13.2 Å². The Hall–Kier alpha value is -1.89. The van der Waals surface area contributed by atoms with Crippen molar-refractivity contribution < 1.29 is 13.2 Å². The van der Waals surface area contributed by atoms with Crippen LogP contribution >= 0.6 is 11.6 Å². The van der Waals surface area contributed by atoms with Gasteiger partial charge in [-0.1, -0.05) is 42.6 Å². The maximum Gasteiger partial charge on any atom is 0.253 e. The lowest BCUT2D eigenvalue weighted by Crippen LogP contribution is -2.32. The van der Waals surface area contributed by atoms with Crippen molar-refractivity contribution >= 4 is 27.5 Å². The molecule has 7 heteroatoms. The van der Waals surface area contributed by atoms with Gasteiger partial charge in [-0.15, -0.1) is 0 Å². The molecule has 0 saturated carbocycles. The third kappa shape index (κ3) is 4.74. The third-order valence-corrected chi connectivity index (χ3v) is 7.30. The Bertz CT molecular complexity index is 921. The average molecular weight is 421 g/mol. The maximum atomic E-state index is 12.8. The first-order chi connectivity index (χ1) is 13.4. The van der Waals surface area contributed by atoms with Gasteiger partial charge in [0.2, 0.25) is 10.0 Å². The van der Waals surface area contributed by atoms with Gasteiger partial charge >= 0.3 is 0 Å². The fourth-order valence-corrected chi connectivity index (χ4v) is 5.09. The zero-order chi connectivity index (χ0) is 20.1. The molecule has 28 heavy (non-hydrogen) atoms. The van der Waals surface area contributed by atoms with Gasteiger partial charge in [0, 0.05) is 37.3 Å². The van der Waals surface area contributed by atoms with Crippen molar-refractivity contribution in [1.82, 2.24) is 9.21 Å². The first-order valence-corrected chi connectivity index (χ1v) is 11.3. The molecule has 0 radical (unpaired) electrons. The number of benzene rings is 2. The number of carbonyl (C=O) groups is 1. The second-order valence-corrected chi connectivity index (χ2v) is 9.44. The number of hydrogen-bond donors (Lipinski definition) is 0. The minimum absolute atomic E-state index is 0.182. The molecule has 5 nitrogen and oxygen atoms in total. The summed E-state index contributed by atoms with van der Waals surface area (Å²) in [5.41, 5.74) is 1.31. The Kier molecular flexibility index (Phi) is 6.75. The fraction of sp³-hybridized carbons (Fsp3) is 0.381. The van der Waals surface area contributed by atoms with E-state index >= 15 is 0 Å². The molecule has 150 valence electrons. The van der Waals surface area contributed by atoms with E-state index in [-0.39, 0.29) is 10.8 Å². The summed E-state index contributed by atoms with van der Waals surface area (Å²) >= 11 is 6.17. The molecule has 0 aliphatic carbocycles. The Morgan fingerprint density at radius 1 is 1.00 bits per heavy atom. The number of nitrogens with zero attached hydrogens (tertiary/aromatic N) is 2. The van der Waals surface area contributed by atoms with Crippen molar-refractivity contribution in [1.29, 1.82) is 0 Å². The highest BCUT2D eigenvalue weighted by atomic mass is 35.5. The molecule has 1 heterocycles. The Morgan fingerprint density at radius 2 is 1.61 bits per heavy atom. The lowest BCUT2D eigenvalue weighted by Gasteiger charge is -2.21.